The molecule has 0 aromatic carbocycles. The van der Waals surface area contributed by atoms with E-state index >= 15 is 0 Å². The lowest BCUT2D eigenvalue weighted by Gasteiger charge is -2.34. The first-order chi connectivity index (χ1) is 12.4. The normalized spacial score (nSPS) is 18.6. The van der Waals surface area contributed by atoms with Crippen LogP contribution in [0.25, 0.3) is 0 Å². The van der Waals surface area contributed by atoms with Gasteiger partial charge in [0.25, 0.3) is 0 Å². The van der Waals surface area contributed by atoms with Crippen LogP contribution in [0.5, 0.6) is 0 Å². The van der Waals surface area contributed by atoms with E-state index in [4.69, 9.17) is 16.9 Å². The summed E-state index contributed by atoms with van der Waals surface area (Å²) in [7, 11) is 1.35. The van der Waals surface area contributed by atoms with Crippen LogP contribution < -0.4 is 0 Å². The Hall–Kier alpha value is -2.02. The van der Waals surface area contributed by atoms with Crippen molar-refractivity contribution in [3.05, 3.63) is 40.5 Å². The molecule has 0 bridgehead atoms. The number of carbonyl (C=O) groups is 1. The quantitative estimate of drug-likeness (QED) is 0.422. The molecule has 0 saturated carbocycles. The van der Waals surface area contributed by atoms with Gasteiger partial charge in [-0.2, -0.15) is 25.6 Å². The van der Waals surface area contributed by atoms with Gasteiger partial charge in [-0.1, -0.05) is 23.4 Å². The summed E-state index contributed by atoms with van der Waals surface area (Å²) in [6.45, 7) is 3.70. The van der Waals surface area contributed by atoms with Crippen LogP contribution in [0.4, 0.5) is 0 Å². The molecule has 10 heteroatoms. The molecule has 138 valence electrons. The fraction of sp³-hybridized carbons (Fsp3) is 0.312. The summed E-state index contributed by atoms with van der Waals surface area (Å²) in [5, 5.41) is 24.4. The van der Waals surface area contributed by atoms with Crippen molar-refractivity contribution in [2.45, 2.75) is 23.6 Å². The second-order valence-electron chi connectivity index (χ2n) is 4.82. The number of esters is 1. The predicted molar refractivity (Wildman–Crippen MR) is 106 cm³/mol. The molecule has 2 rings (SSSR count). The second kappa shape index (κ2) is 10.9. The van der Waals surface area contributed by atoms with Crippen LogP contribution in [-0.2, 0) is 9.53 Å². The van der Waals surface area contributed by atoms with Crippen molar-refractivity contribution in [2.24, 2.45) is 5.10 Å². The number of nitriles is 1. The van der Waals surface area contributed by atoms with E-state index in [1.807, 2.05) is 32.4 Å². The highest BCUT2D eigenvalue weighted by atomic mass is 35.5. The van der Waals surface area contributed by atoms with Crippen LogP contribution >= 0.6 is 35.1 Å². The molecule has 1 aliphatic rings. The maximum atomic E-state index is 10.2. The van der Waals surface area contributed by atoms with Crippen LogP contribution in [0.3, 0.4) is 0 Å². The number of hydrazone groups is 1. The van der Waals surface area contributed by atoms with Gasteiger partial charge in [0.05, 0.1) is 24.0 Å². The third-order valence-corrected chi connectivity index (χ3v) is 5.51. The molecule has 1 unspecified atom stereocenters. The van der Waals surface area contributed by atoms with Gasteiger partial charge in [-0.05, 0) is 37.7 Å². The lowest BCUT2D eigenvalue weighted by atomic mass is 10.2. The molecule has 1 aliphatic heterocycles. The van der Waals surface area contributed by atoms with Crippen molar-refractivity contribution in [1.29, 1.82) is 5.26 Å². The van der Waals surface area contributed by atoms with Crippen molar-refractivity contribution in [3.8, 4) is 6.19 Å². The summed E-state index contributed by atoms with van der Waals surface area (Å²) < 4.78 is 4.31. The number of ether oxygens (including phenoxy) is 1. The van der Waals surface area contributed by atoms with Gasteiger partial charge in [0.2, 0.25) is 6.19 Å². The maximum absolute atomic E-state index is 10.2. The Kier molecular flexibility index (Phi) is 9.19. The number of aryl methyl sites for hydroxylation is 1. The van der Waals surface area contributed by atoms with E-state index in [1.165, 1.54) is 47.9 Å². The van der Waals surface area contributed by atoms with E-state index in [2.05, 4.69) is 20.0 Å². The van der Waals surface area contributed by atoms with Crippen LogP contribution in [0.15, 0.2) is 44.9 Å². The Morgan fingerprint density at radius 2 is 2.27 bits per heavy atom. The lowest BCUT2D eigenvalue weighted by Crippen LogP contribution is -2.39. The number of halogens is 1. The highest BCUT2D eigenvalue weighted by molar-refractivity contribution is 8.01. The average Bonchev–Trinajstić information content (AvgIpc) is 2.64. The summed E-state index contributed by atoms with van der Waals surface area (Å²) >= 11 is 9.10. The molecule has 1 atom stereocenters. The van der Waals surface area contributed by atoms with E-state index < -0.39 is 4.87 Å². The number of hydrogen-bond donors (Lipinski definition) is 0. The predicted octanol–water partition coefficient (Wildman–Crippen LogP) is 3.53. The summed E-state index contributed by atoms with van der Waals surface area (Å²) in [6.07, 6.45) is 10.1. The Balaban J connectivity index is 0.000000359. The number of aromatic nitrogens is 2. The number of hydrogen-bond acceptors (Lipinski definition) is 9. The van der Waals surface area contributed by atoms with E-state index in [0.29, 0.717) is 5.03 Å². The molecule has 1 aromatic rings. The zero-order valence-electron chi connectivity index (χ0n) is 14.7. The average molecular weight is 412 g/mol. The maximum Gasteiger partial charge on any atom is 0.330 e. The highest BCUT2D eigenvalue weighted by Gasteiger charge is 2.38. The molecule has 1 aromatic heterocycles. The van der Waals surface area contributed by atoms with Crippen LogP contribution in [0.2, 0.25) is 0 Å². The summed E-state index contributed by atoms with van der Waals surface area (Å²) in [4.78, 5) is 10.4. The first-order valence-corrected chi connectivity index (χ1v) is 9.72. The molecule has 7 nitrogen and oxygen atoms in total. The molecular formula is C16H18ClN5O2S2. The third-order valence-electron chi connectivity index (χ3n) is 3.05. The summed E-state index contributed by atoms with van der Waals surface area (Å²) in [6, 6.07) is 1.84. The number of nitrogens with zero attached hydrogens (tertiary/aromatic N) is 5. The van der Waals surface area contributed by atoms with Gasteiger partial charge in [-0.3, -0.25) is 0 Å². The zero-order valence-corrected chi connectivity index (χ0v) is 17.1. The van der Waals surface area contributed by atoms with Crippen molar-refractivity contribution in [2.75, 3.05) is 13.4 Å². The number of thioether (sulfide) groups is 2. The van der Waals surface area contributed by atoms with Gasteiger partial charge in [0.15, 0.2) is 4.87 Å². The van der Waals surface area contributed by atoms with Crippen molar-refractivity contribution in [1.82, 2.24) is 15.2 Å². The fourth-order valence-corrected chi connectivity index (χ4v) is 3.23. The standard InChI is InChI=1S/C11H10ClN5S.C5H8O2S/c1-8-9(3-5-14-16-8)18-11(2)10(12)4-6-15-17(11)7-13;1-7-5(6)3-4-8-2/h3-6H,1-2H3;3-4H,1-2H3. The van der Waals surface area contributed by atoms with Gasteiger partial charge in [0, 0.05) is 17.2 Å². The van der Waals surface area contributed by atoms with Gasteiger partial charge >= 0.3 is 5.97 Å². The molecule has 26 heavy (non-hydrogen) atoms. The molecule has 0 saturated heterocycles. The Morgan fingerprint density at radius 3 is 2.85 bits per heavy atom. The van der Waals surface area contributed by atoms with Gasteiger partial charge in [-0.15, -0.1) is 11.8 Å². The minimum absolute atomic E-state index is 0.306. The van der Waals surface area contributed by atoms with E-state index in [-0.39, 0.29) is 5.97 Å². The molecule has 2 heterocycles. The Labute approximate surface area is 166 Å². The van der Waals surface area contributed by atoms with Gasteiger partial charge < -0.3 is 4.74 Å². The second-order valence-corrected chi connectivity index (χ2v) is 7.41. The third kappa shape index (κ3) is 6.05. The monoisotopic (exact) mass is 411 g/mol. The largest absolute Gasteiger partial charge is 0.466 e. The number of carbonyl (C=O) groups excluding carboxylic acids is 1. The number of rotatable bonds is 4. The minimum Gasteiger partial charge on any atom is -0.466 e. The number of allylic oxidation sites excluding steroid dienone is 1. The van der Waals surface area contributed by atoms with Gasteiger partial charge in [0.1, 0.15) is 0 Å². The smallest absolute Gasteiger partial charge is 0.330 e. The topological polar surface area (TPSA) is 91.5 Å². The first kappa shape index (κ1) is 22.0. The molecule has 0 radical (unpaired) electrons. The van der Waals surface area contributed by atoms with Crippen LogP contribution in [0, 0.1) is 18.4 Å². The molecule has 0 N–H and O–H groups in total. The Bertz CT molecular complexity index is 763. The van der Waals surface area contributed by atoms with Crippen LogP contribution in [0.1, 0.15) is 12.6 Å². The SMILES string of the molecule is COC(=O)C=CSC.Cc1nnccc1SC1(C)C(Cl)=CC=NN1C#N. The molecule has 0 aliphatic carbocycles. The Morgan fingerprint density at radius 1 is 1.54 bits per heavy atom. The van der Waals surface area contributed by atoms with Crippen molar-refractivity contribution in [3.63, 3.8) is 0 Å². The fourth-order valence-electron chi connectivity index (χ4n) is 1.65. The van der Waals surface area contributed by atoms with Crippen molar-refractivity contribution >= 4 is 47.3 Å². The molecule has 0 amide bonds. The van der Waals surface area contributed by atoms with Crippen LogP contribution in [-0.4, -0.2) is 45.6 Å². The lowest BCUT2D eigenvalue weighted by molar-refractivity contribution is -0.134. The van der Waals surface area contributed by atoms with Gasteiger partial charge in [-0.25, -0.2) is 4.79 Å². The van der Waals surface area contributed by atoms with Crippen molar-refractivity contribution < 1.29 is 9.53 Å². The summed E-state index contributed by atoms with van der Waals surface area (Å²) in [5.74, 6) is -0.306. The molecular weight excluding hydrogens is 394 g/mol. The zero-order chi connectivity index (χ0) is 19.6. The van der Waals surface area contributed by atoms with E-state index in [0.717, 1.165) is 10.6 Å². The highest BCUT2D eigenvalue weighted by Crippen LogP contribution is 2.44. The minimum atomic E-state index is -0.751. The van der Waals surface area contributed by atoms with E-state index in [9.17, 15) is 4.79 Å². The molecule has 0 spiro atoms. The van der Waals surface area contributed by atoms with E-state index in [1.54, 1.807) is 17.7 Å². The first-order valence-electron chi connectivity index (χ1n) is 7.23. The molecule has 0 fully saturated rings. The number of methoxy groups -OCH3 is 1. The summed E-state index contributed by atoms with van der Waals surface area (Å²) in [5.41, 5.74) is 0.792.